The molecule has 1 amide bonds. The zero-order chi connectivity index (χ0) is 23.2. The number of benzene rings is 1. The molecule has 4 aromatic rings. The van der Waals surface area contributed by atoms with Gasteiger partial charge >= 0.3 is 0 Å². The lowest BCUT2D eigenvalue weighted by molar-refractivity contribution is -0.116. The van der Waals surface area contributed by atoms with Crippen molar-refractivity contribution in [3.8, 4) is 17.1 Å². The number of aryl methyl sites for hydroxylation is 1. The number of rotatable bonds is 5. The van der Waals surface area contributed by atoms with E-state index >= 15 is 0 Å². The number of fused-ring (bicyclic) bond motifs is 1. The first kappa shape index (κ1) is 22.0. The van der Waals surface area contributed by atoms with E-state index in [9.17, 15) is 4.79 Å². The van der Waals surface area contributed by atoms with E-state index in [0.29, 0.717) is 29.2 Å². The third-order valence-electron chi connectivity index (χ3n) is 5.48. The van der Waals surface area contributed by atoms with E-state index < -0.39 is 0 Å². The summed E-state index contributed by atoms with van der Waals surface area (Å²) in [6, 6.07) is 8.02. The Balaban J connectivity index is 1.77. The molecule has 0 aliphatic rings. The van der Waals surface area contributed by atoms with Gasteiger partial charge < -0.3 is 25.5 Å². The first-order valence-electron chi connectivity index (χ1n) is 10.2. The fourth-order valence-electron chi connectivity index (χ4n) is 3.93. The van der Waals surface area contributed by atoms with Gasteiger partial charge in [0.2, 0.25) is 5.91 Å². The van der Waals surface area contributed by atoms with Crippen LogP contribution in [0.4, 0.5) is 11.4 Å². The van der Waals surface area contributed by atoms with Crippen LogP contribution in [0.1, 0.15) is 17.0 Å². The predicted octanol–water partition coefficient (Wildman–Crippen LogP) is 4.19. The number of pyridine rings is 1. The van der Waals surface area contributed by atoms with Crippen molar-refractivity contribution < 1.29 is 4.79 Å². The lowest BCUT2D eigenvalue weighted by Crippen LogP contribution is -2.27. The monoisotopic (exact) mass is 495 g/mol. The topological polar surface area (TPSA) is 105 Å². The van der Waals surface area contributed by atoms with Crippen LogP contribution in [-0.2, 0) is 4.79 Å². The highest BCUT2D eigenvalue weighted by atomic mass is 79.9. The first-order chi connectivity index (χ1) is 15.2. The van der Waals surface area contributed by atoms with Gasteiger partial charge in [-0.1, -0.05) is 6.07 Å². The van der Waals surface area contributed by atoms with Gasteiger partial charge in [-0.2, -0.15) is 0 Å². The molecule has 0 atom stereocenters. The Kier molecular flexibility index (Phi) is 5.79. The molecule has 0 unspecified atom stereocenters. The van der Waals surface area contributed by atoms with E-state index in [4.69, 9.17) is 5.73 Å². The molecule has 4 rings (SSSR count). The van der Waals surface area contributed by atoms with Crippen LogP contribution in [0.5, 0.6) is 0 Å². The maximum absolute atomic E-state index is 12.3. The average molecular weight is 496 g/mol. The van der Waals surface area contributed by atoms with Crippen LogP contribution < -0.4 is 11.1 Å². The van der Waals surface area contributed by atoms with Crippen LogP contribution in [0.3, 0.4) is 0 Å². The van der Waals surface area contributed by atoms with E-state index in [1.165, 1.54) is 0 Å². The number of hydrogen-bond donors (Lipinski definition) is 3. The Morgan fingerprint density at radius 3 is 2.75 bits per heavy atom. The van der Waals surface area contributed by atoms with Gasteiger partial charge in [-0.15, -0.1) is 0 Å². The van der Waals surface area contributed by atoms with Crippen molar-refractivity contribution in [2.75, 3.05) is 31.7 Å². The highest BCUT2D eigenvalue weighted by Crippen LogP contribution is 2.33. The predicted molar refractivity (Wildman–Crippen MR) is 132 cm³/mol. The third kappa shape index (κ3) is 3.89. The molecule has 8 nitrogen and oxygen atoms in total. The molecule has 1 aromatic carbocycles. The molecule has 4 N–H and O–H groups in total. The van der Waals surface area contributed by atoms with Gasteiger partial charge in [0.15, 0.2) is 5.65 Å². The van der Waals surface area contributed by atoms with Crippen molar-refractivity contribution in [2.24, 2.45) is 0 Å². The molecule has 0 radical (unpaired) electrons. The van der Waals surface area contributed by atoms with Gasteiger partial charge in [0.05, 0.1) is 22.4 Å². The molecule has 0 aliphatic heterocycles. The normalized spacial score (nSPS) is 11.5. The summed E-state index contributed by atoms with van der Waals surface area (Å²) in [4.78, 5) is 26.5. The van der Waals surface area contributed by atoms with E-state index in [0.717, 1.165) is 38.4 Å². The zero-order valence-corrected chi connectivity index (χ0v) is 20.3. The number of imidazole rings is 1. The highest BCUT2D eigenvalue weighted by molar-refractivity contribution is 9.10. The fourth-order valence-corrected chi connectivity index (χ4v) is 4.23. The molecular formula is C23H26BrN7O. The molecule has 0 spiro atoms. The van der Waals surface area contributed by atoms with Crippen LogP contribution in [0.15, 0.2) is 34.9 Å². The molecule has 9 heteroatoms. The number of carbonyl (C=O) groups is 1. The second-order valence-corrected chi connectivity index (χ2v) is 9.01. The second-order valence-electron chi connectivity index (χ2n) is 8.16. The number of hydrogen-bond acceptors (Lipinski definition) is 5. The summed E-state index contributed by atoms with van der Waals surface area (Å²) < 4.78 is 2.90. The third-order valence-corrected chi connectivity index (χ3v) is 6.11. The summed E-state index contributed by atoms with van der Waals surface area (Å²) in [6.45, 7) is 6.45. The van der Waals surface area contributed by atoms with Crippen molar-refractivity contribution in [3.05, 3.63) is 51.9 Å². The Morgan fingerprint density at radius 2 is 2.03 bits per heavy atom. The van der Waals surface area contributed by atoms with Gasteiger partial charge in [-0.25, -0.2) is 9.97 Å². The molecule has 3 aromatic heterocycles. The van der Waals surface area contributed by atoms with Crippen molar-refractivity contribution in [1.82, 2.24) is 24.4 Å². The Bertz CT molecular complexity index is 1340. The number of aromatic amines is 1. The maximum Gasteiger partial charge on any atom is 0.238 e. The molecule has 0 aliphatic carbocycles. The molecule has 0 fully saturated rings. The van der Waals surface area contributed by atoms with Crippen molar-refractivity contribution in [2.45, 2.75) is 20.8 Å². The highest BCUT2D eigenvalue weighted by Gasteiger charge is 2.19. The molecule has 32 heavy (non-hydrogen) atoms. The van der Waals surface area contributed by atoms with Crippen LogP contribution >= 0.6 is 15.9 Å². The molecule has 0 bridgehead atoms. The van der Waals surface area contributed by atoms with Crippen LogP contribution in [-0.4, -0.2) is 51.0 Å². The largest absolute Gasteiger partial charge is 0.396 e. The van der Waals surface area contributed by atoms with E-state index in [1.807, 2.05) is 38.1 Å². The quantitative estimate of drug-likeness (QED) is 0.385. The molecule has 166 valence electrons. The number of aromatic nitrogens is 4. The van der Waals surface area contributed by atoms with Crippen molar-refractivity contribution in [1.29, 1.82) is 0 Å². The number of carbonyl (C=O) groups excluding carboxylic acids is 1. The van der Waals surface area contributed by atoms with Crippen LogP contribution in [0, 0.1) is 20.8 Å². The smallest absolute Gasteiger partial charge is 0.238 e. The Labute approximate surface area is 195 Å². The van der Waals surface area contributed by atoms with Crippen LogP contribution in [0.2, 0.25) is 0 Å². The fraction of sp³-hybridized carbons (Fsp3) is 0.261. The Morgan fingerprint density at radius 1 is 1.28 bits per heavy atom. The number of likely N-dealkylation sites (N-methyl/N-ethyl adjacent to an activating group) is 1. The first-order valence-corrected chi connectivity index (χ1v) is 11.0. The lowest BCUT2D eigenvalue weighted by atomic mass is 10.1. The number of nitrogens with one attached hydrogen (secondary N) is 2. The second kappa shape index (κ2) is 8.40. The average Bonchev–Trinajstić information content (AvgIpc) is 3.27. The molecular weight excluding hydrogens is 470 g/mol. The summed E-state index contributed by atoms with van der Waals surface area (Å²) >= 11 is 3.42. The van der Waals surface area contributed by atoms with Crippen LogP contribution in [0.25, 0.3) is 28.2 Å². The summed E-state index contributed by atoms with van der Waals surface area (Å²) in [5.74, 6) is 0.667. The Hall–Kier alpha value is -3.17. The molecule has 0 saturated heterocycles. The van der Waals surface area contributed by atoms with Gasteiger partial charge in [0, 0.05) is 28.8 Å². The number of nitrogens with zero attached hydrogens (tertiary/aromatic N) is 4. The summed E-state index contributed by atoms with van der Waals surface area (Å²) in [5, 5.41) is 3.02. The SMILES string of the molecule is Cc1c(NC(=O)CN(C)C)cccc1-n1c(C)cc(-c2nc3ncc(Br)c(N)c3[nH]2)c1C. The summed E-state index contributed by atoms with van der Waals surface area (Å²) in [5.41, 5.74) is 13.9. The minimum atomic E-state index is -0.0459. The lowest BCUT2D eigenvalue weighted by Gasteiger charge is -2.17. The minimum absolute atomic E-state index is 0.0459. The zero-order valence-electron chi connectivity index (χ0n) is 18.7. The van der Waals surface area contributed by atoms with E-state index in [-0.39, 0.29) is 5.91 Å². The number of nitrogen functional groups attached to an aromatic ring is 1. The molecule has 3 heterocycles. The summed E-state index contributed by atoms with van der Waals surface area (Å²) in [6.07, 6.45) is 1.66. The van der Waals surface area contributed by atoms with Gasteiger partial charge in [-0.05, 0) is 74.6 Å². The van der Waals surface area contributed by atoms with Crippen molar-refractivity contribution in [3.63, 3.8) is 0 Å². The number of H-pyrrole nitrogens is 1. The number of halogens is 1. The molecule has 0 saturated carbocycles. The van der Waals surface area contributed by atoms with Gasteiger partial charge in [0.1, 0.15) is 11.3 Å². The van der Waals surface area contributed by atoms with Crippen molar-refractivity contribution >= 4 is 44.4 Å². The number of amides is 1. The van der Waals surface area contributed by atoms with Gasteiger partial charge in [-0.3, -0.25) is 4.79 Å². The minimum Gasteiger partial charge on any atom is -0.396 e. The summed E-state index contributed by atoms with van der Waals surface area (Å²) in [7, 11) is 3.74. The maximum atomic E-state index is 12.3. The van der Waals surface area contributed by atoms with Gasteiger partial charge in [0.25, 0.3) is 0 Å². The number of anilines is 2. The number of nitrogens with two attached hydrogens (primary N) is 1. The standard InChI is InChI=1S/C23H26BrN7O/c1-12-9-15(22-28-21-20(25)16(24)10-26-23(21)29-22)14(3)31(12)18-8-6-7-17(13(18)2)27-19(32)11-30(4)5/h6-10H,11H2,1-5H3,(H,27,32)(H3,25,26,28,29). The van der Waals surface area contributed by atoms with E-state index in [2.05, 4.69) is 66.7 Å². The van der Waals surface area contributed by atoms with E-state index in [1.54, 1.807) is 6.20 Å².